The first-order valence-corrected chi connectivity index (χ1v) is 15.2. The summed E-state index contributed by atoms with van der Waals surface area (Å²) in [6.45, 7) is 3.91. The fraction of sp³-hybridized carbons (Fsp3) is 0.545. The molecule has 4 aliphatic rings. The first-order valence-electron chi connectivity index (χ1n) is 15.2. The van der Waals surface area contributed by atoms with E-state index in [0.717, 1.165) is 83.0 Å². The molecule has 4 heterocycles. The van der Waals surface area contributed by atoms with Gasteiger partial charge in [0.1, 0.15) is 6.10 Å². The molecule has 0 aromatic heterocycles. The van der Waals surface area contributed by atoms with Crippen molar-refractivity contribution in [2.45, 2.75) is 82.8 Å². The molecule has 8 heteroatoms. The van der Waals surface area contributed by atoms with E-state index in [4.69, 9.17) is 14.9 Å². The van der Waals surface area contributed by atoms with E-state index in [9.17, 15) is 14.4 Å². The summed E-state index contributed by atoms with van der Waals surface area (Å²) in [6, 6.07) is 18.8. The summed E-state index contributed by atoms with van der Waals surface area (Å²) >= 11 is 0. The van der Waals surface area contributed by atoms with Gasteiger partial charge in [0.15, 0.2) is 0 Å². The summed E-state index contributed by atoms with van der Waals surface area (Å²) in [6.07, 6.45) is 8.91. The van der Waals surface area contributed by atoms with Gasteiger partial charge in [0.05, 0.1) is 6.04 Å². The third-order valence-electron chi connectivity index (χ3n) is 8.51. The van der Waals surface area contributed by atoms with E-state index in [1.54, 1.807) is 0 Å². The summed E-state index contributed by atoms with van der Waals surface area (Å²) in [5.74, 6) is -0.946. The minimum atomic E-state index is -0.740. The Hall–Kier alpha value is -3.39. The second-order valence-corrected chi connectivity index (χ2v) is 11.4. The zero-order chi connectivity index (χ0) is 29.0. The third-order valence-corrected chi connectivity index (χ3v) is 8.51. The van der Waals surface area contributed by atoms with Crippen LogP contribution in [-0.2, 0) is 20.7 Å². The van der Waals surface area contributed by atoms with Crippen LogP contribution in [0, 0.1) is 5.92 Å². The number of piperidine rings is 3. The van der Waals surface area contributed by atoms with E-state index in [1.807, 2.05) is 23.1 Å². The number of benzene rings is 2. The Balaban J connectivity index is 0.000000237. The van der Waals surface area contributed by atoms with Crippen molar-refractivity contribution in [3.05, 3.63) is 71.3 Å². The van der Waals surface area contributed by atoms with Crippen LogP contribution in [0.4, 0.5) is 4.79 Å². The molecule has 0 radical (unpaired) electrons. The van der Waals surface area contributed by atoms with Gasteiger partial charge in [0, 0.05) is 25.9 Å². The number of nitrogens with zero attached hydrogens (tertiary/aromatic N) is 2. The quantitative estimate of drug-likeness (QED) is 0.316. The Bertz CT molecular complexity index is 1110. The highest BCUT2D eigenvalue weighted by Crippen LogP contribution is 2.37. The van der Waals surface area contributed by atoms with Gasteiger partial charge in [-0.25, -0.2) is 4.79 Å². The third kappa shape index (κ3) is 9.05. The molecule has 2 N–H and O–H groups in total. The van der Waals surface area contributed by atoms with E-state index in [1.165, 1.54) is 11.1 Å². The average molecular weight is 565 g/mol. The number of amides is 1. The monoisotopic (exact) mass is 564 g/mol. The van der Waals surface area contributed by atoms with Crippen LogP contribution in [0.2, 0.25) is 0 Å². The van der Waals surface area contributed by atoms with Crippen molar-refractivity contribution in [1.29, 1.82) is 0 Å². The molecule has 3 fully saturated rings. The normalized spacial score (nSPS) is 22.7. The lowest BCUT2D eigenvalue weighted by Gasteiger charge is -2.45. The molecule has 3 saturated heterocycles. The maximum atomic E-state index is 13.2. The minimum Gasteiger partial charge on any atom is -0.481 e. The number of carbonyl (C=O) groups is 3. The fourth-order valence-corrected chi connectivity index (χ4v) is 6.26. The number of aliphatic carboxylic acids is 2. The van der Waals surface area contributed by atoms with Crippen LogP contribution in [0.25, 0.3) is 0 Å². The SMILES string of the molecule is O=C(O)CCCCCCCCC(=O)O.O=C(O[C@H]1CN2CCC1CC2)N1CCc2ccccc2[C@H]1c1ccccc1. The maximum absolute atomic E-state index is 13.2. The first kappa shape index (κ1) is 30.6. The van der Waals surface area contributed by atoms with E-state index in [2.05, 4.69) is 41.3 Å². The number of fused-ring (bicyclic) bond motifs is 4. The molecule has 4 aliphatic heterocycles. The van der Waals surface area contributed by atoms with Crippen molar-refractivity contribution < 1.29 is 29.3 Å². The average Bonchev–Trinajstić information content (AvgIpc) is 2.99. The number of carboxylic acids is 2. The minimum absolute atomic E-state index is 0.0496. The number of carboxylic acid groups (broad SMARTS) is 2. The summed E-state index contributed by atoms with van der Waals surface area (Å²) in [4.78, 5) is 37.9. The van der Waals surface area contributed by atoms with Crippen LogP contribution in [0.5, 0.6) is 0 Å². The molecule has 8 nitrogen and oxygen atoms in total. The van der Waals surface area contributed by atoms with Gasteiger partial charge in [-0.05, 0) is 67.8 Å². The predicted molar refractivity (Wildman–Crippen MR) is 157 cm³/mol. The van der Waals surface area contributed by atoms with Gasteiger partial charge in [-0.3, -0.25) is 19.4 Å². The molecule has 2 atom stereocenters. The molecule has 2 aromatic carbocycles. The summed E-state index contributed by atoms with van der Waals surface area (Å²) in [5, 5.41) is 16.7. The zero-order valence-electron chi connectivity index (χ0n) is 24.0. The van der Waals surface area contributed by atoms with E-state index < -0.39 is 11.9 Å². The molecule has 1 amide bonds. The standard InChI is InChI=1S/C23H26N2O2.C10H18O4/c26-23(27-21-16-24-13-10-18(21)11-14-24)25-15-12-17-6-4-5-9-20(17)22(25)19-7-2-1-3-8-19;11-9(12)7-5-3-1-2-4-6-8-10(13)14/h1-9,18,21-22H,10-16H2;1-8H2,(H,11,12)(H,13,14)/t21-,22+;/m0./s1. The summed E-state index contributed by atoms with van der Waals surface area (Å²) in [7, 11) is 0. The highest BCUT2D eigenvalue weighted by molar-refractivity contribution is 5.70. The van der Waals surface area contributed by atoms with Gasteiger partial charge in [0.2, 0.25) is 0 Å². The number of carbonyl (C=O) groups excluding carboxylic acids is 1. The molecular weight excluding hydrogens is 520 g/mol. The van der Waals surface area contributed by atoms with Gasteiger partial charge >= 0.3 is 18.0 Å². The van der Waals surface area contributed by atoms with Crippen LogP contribution in [-0.4, -0.2) is 70.3 Å². The second-order valence-electron chi connectivity index (χ2n) is 11.4. The maximum Gasteiger partial charge on any atom is 0.410 e. The number of unbranched alkanes of at least 4 members (excludes halogenated alkanes) is 5. The van der Waals surface area contributed by atoms with Crippen molar-refractivity contribution in [2.75, 3.05) is 26.2 Å². The van der Waals surface area contributed by atoms with Crippen LogP contribution < -0.4 is 0 Å². The number of ether oxygens (including phenoxy) is 1. The van der Waals surface area contributed by atoms with Crippen molar-refractivity contribution in [2.24, 2.45) is 5.92 Å². The van der Waals surface area contributed by atoms with Crippen molar-refractivity contribution in [3.63, 3.8) is 0 Å². The molecule has 0 unspecified atom stereocenters. The number of hydrogen-bond acceptors (Lipinski definition) is 5. The van der Waals surface area contributed by atoms with Crippen LogP contribution in [0.3, 0.4) is 0 Å². The van der Waals surface area contributed by atoms with Gasteiger partial charge in [-0.1, -0.05) is 80.3 Å². The highest BCUT2D eigenvalue weighted by atomic mass is 16.6. The first-order chi connectivity index (χ1) is 19.9. The Kier molecular flexibility index (Phi) is 11.6. The van der Waals surface area contributed by atoms with Crippen LogP contribution in [0.1, 0.15) is 86.9 Å². The van der Waals surface area contributed by atoms with E-state index in [-0.39, 0.29) is 31.1 Å². The highest BCUT2D eigenvalue weighted by Gasteiger charge is 2.39. The summed E-state index contributed by atoms with van der Waals surface area (Å²) in [5.41, 5.74) is 3.70. The van der Waals surface area contributed by atoms with Crippen LogP contribution in [0.15, 0.2) is 54.6 Å². The van der Waals surface area contributed by atoms with Gasteiger partial charge in [-0.2, -0.15) is 0 Å². The molecule has 222 valence electrons. The molecule has 0 aliphatic carbocycles. The fourth-order valence-electron chi connectivity index (χ4n) is 6.26. The van der Waals surface area contributed by atoms with Crippen LogP contribution >= 0.6 is 0 Å². The lowest BCUT2D eigenvalue weighted by atomic mass is 9.86. The molecule has 41 heavy (non-hydrogen) atoms. The lowest BCUT2D eigenvalue weighted by Crippen LogP contribution is -2.53. The van der Waals surface area contributed by atoms with E-state index >= 15 is 0 Å². The Morgan fingerprint density at radius 1 is 0.756 bits per heavy atom. The molecular formula is C33H44N2O6. The molecule has 0 spiro atoms. The van der Waals surface area contributed by atoms with E-state index in [0.29, 0.717) is 12.5 Å². The topological polar surface area (TPSA) is 107 Å². The largest absolute Gasteiger partial charge is 0.481 e. The molecule has 0 saturated carbocycles. The Morgan fingerprint density at radius 3 is 1.93 bits per heavy atom. The zero-order valence-corrected chi connectivity index (χ0v) is 24.0. The molecule has 2 bridgehead atoms. The van der Waals surface area contributed by atoms with Gasteiger partial charge < -0.3 is 14.9 Å². The van der Waals surface area contributed by atoms with Crippen molar-refractivity contribution >= 4 is 18.0 Å². The molecule has 2 aromatic rings. The van der Waals surface area contributed by atoms with Gasteiger partial charge in [0.25, 0.3) is 0 Å². The Labute approximate surface area is 243 Å². The molecule has 6 rings (SSSR count). The van der Waals surface area contributed by atoms with Crippen molar-refractivity contribution in [3.8, 4) is 0 Å². The number of hydrogen-bond donors (Lipinski definition) is 2. The summed E-state index contributed by atoms with van der Waals surface area (Å²) < 4.78 is 6.08. The smallest absolute Gasteiger partial charge is 0.410 e. The van der Waals surface area contributed by atoms with Crippen molar-refractivity contribution in [1.82, 2.24) is 9.80 Å². The lowest BCUT2D eigenvalue weighted by molar-refractivity contribution is -0.138. The predicted octanol–water partition coefficient (Wildman–Crippen LogP) is 6.14. The Morgan fingerprint density at radius 2 is 1.34 bits per heavy atom. The van der Waals surface area contributed by atoms with Gasteiger partial charge in [-0.15, -0.1) is 0 Å². The second kappa shape index (κ2) is 15.6. The number of rotatable bonds is 11.